The summed E-state index contributed by atoms with van der Waals surface area (Å²) >= 11 is 0. The van der Waals surface area contributed by atoms with Gasteiger partial charge >= 0.3 is 0 Å². The fraction of sp³-hybridized carbons (Fsp3) is 1.00. The standard InChI is InChI=1S/C15H29NO2/c1-13(2)6-7-14-5-3-4-8-16(14)9-15(10-17)11-18-12-15/h13-14,17H,3-12H2,1-2H3. The van der Waals surface area contributed by atoms with Crippen molar-refractivity contribution < 1.29 is 9.84 Å². The van der Waals surface area contributed by atoms with Crippen molar-refractivity contribution in [1.29, 1.82) is 0 Å². The van der Waals surface area contributed by atoms with Gasteiger partial charge in [0.1, 0.15) is 0 Å². The Hall–Kier alpha value is -0.120. The molecular weight excluding hydrogens is 226 g/mol. The van der Waals surface area contributed by atoms with E-state index in [1.54, 1.807) is 0 Å². The number of nitrogens with zero attached hydrogens (tertiary/aromatic N) is 1. The molecule has 0 saturated carbocycles. The zero-order valence-electron chi connectivity index (χ0n) is 12.0. The second-order valence-corrected chi connectivity index (χ2v) is 6.74. The summed E-state index contributed by atoms with van der Waals surface area (Å²) in [6.45, 7) is 8.63. The molecule has 2 aliphatic heterocycles. The lowest BCUT2D eigenvalue weighted by Gasteiger charge is -2.47. The van der Waals surface area contributed by atoms with Crippen LogP contribution in [-0.4, -0.2) is 49.0 Å². The quantitative estimate of drug-likeness (QED) is 0.790. The molecule has 0 amide bonds. The van der Waals surface area contributed by atoms with Crippen LogP contribution in [0.5, 0.6) is 0 Å². The summed E-state index contributed by atoms with van der Waals surface area (Å²) in [5.74, 6) is 0.799. The van der Waals surface area contributed by atoms with Crippen LogP contribution in [-0.2, 0) is 4.74 Å². The maximum Gasteiger partial charge on any atom is 0.0579 e. The van der Waals surface area contributed by atoms with Gasteiger partial charge in [0, 0.05) is 12.6 Å². The summed E-state index contributed by atoms with van der Waals surface area (Å²) in [5, 5.41) is 9.56. The van der Waals surface area contributed by atoms with Gasteiger partial charge in [0.05, 0.1) is 25.2 Å². The number of piperidine rings is 1. The van der Waals surface area contributed by atoms with Gasteiger partial charge in [-0.25, -0.2) is 0 Å². The van der Waals surface area contributed by atoms with E-state index in [1.165, 1.54) is 38.6 Å². The van der Waals surface area contributed by atoms with E-state index in [1.807, 2.05) is 0 Å². The first-order valence-electron chi connectivity index (χ1n) is 7.58. The molecular formula is C15H29NO2. The van der Waals surface area contributed by atoms with Crippen LogP contribution in [0.3, 0.4) is 0 Å². The topological polar surface area (TPSA) is 32.7 Å². The molecule has 2 saturated heterocycles. The molecule has 18 heavy (non-hydrogen) atoms. The summed E-state index contributed by atoms with van der Waals surface area (Å²) < 4.78 is 5.32. The first kappa shape index (κ1) is 14.3. The van der Waals surface area contributed by atoms with Gasteiger partial charge in [0.15, 0.2) is 0 Å². The number of hydrogen-bond donors (Lipinski definition) is 1. The molecule has 1 N–H and O–H groups in total. The van der Waals surface area contributed by atoms with E-state index >= 15 is 0 Å². The Morgan fingerprint density at radius 2 is 2.11 bits per heavy atom. The van der Waals surface area contributed by atoms with Crippen molar-refractivity contribution in [3.8, 4) is 0 Å². The normalized spacial score (nSPS) is 28.3. The van der Waals surface area contributed by atoms with Gasteiger partial charge < -0.3 is 9.84 Å². The Bertz CT molecular complexity index is 245. The predicted molar refractivity (Wildman–Crippen MR) is 73.6 cm³/mol. The third-order valence-corrected chi connectivity index (χ3v) is 4.52. The minimum Gasteiger partial charge on any atom is -0.396 e. The molecule has 0 spiro atoms. The molecule has 2 fully saturated rings. The largest absolute Gasteiger partial charge is 0.396 e. The van der Waals surface area contributed by atoms with Crippen LogP contribution in [0, 0.1) is 11.3 Å². The molecule has 1 unspecified atom stereocenters. The molecule has 2 rings (SSSR count). The predicted octanol–water partition coefficient (Wildman–Crippen LogP) is 2.29. The smallest absolute Gasteiger partial charge is 0.0579 e. The molecule has 1 atom stereocenters. The molecule has 3 nitrogen and oxygen atoms in total. The molecule has 0 radical (unpaired) electrons. The highest BCUT2D eigenvalue weighted by atomic mass is 16.5. The van der Waals surface area contributed by atoms with Crippen molar-refractivity contribution in [2.45, 2.75) is 52.0 Å². The van der Waals surface area contributed by atoms with Crippen LogP contribution in [0.25, 0.3) is 0 Å². The molecule has 0 bridgehead atoms. The number of ether oxygens (including phenoxy) is 1. The maximum atomic E-state index is 9.56. The average molecular weight is 255 g/mol. The maximum absolute atomic E-state index is 9.56. The lowest BCUT2D eigenvalue weighted by molar-refractivity contribution is -0.153. The van der Waals surface area contributed by atoms with E-state index in [9.17, 15) is 5.11 Å². The minimum atomic E-state index is 0.0490. The molecule has 0 aromatic carbocycles. The third kappa shape index (κ3) is 3.46. The first-order chi connectivity index (χ1) is 8.65. The van der Waals surface area contributed by atoms with Gasteiger partial charge in [-0.3, -0.25) is 4.90 Å². The van der Waals surface area contributed by atoms with Crippen molar-refractivity contribution >= 4 is 0 Å². The molecule has 2 aliphatic rings. The van der Waals surface area contributed by atoms with Gasteiger partial charge in [0.2, 0.25) is 0 Å². The van der Waals surface area contributed by atoms with E-state index in [2.05, 4.69) is 18.7 Å². The van der Waals surface area contributed by atoms with Gasteiger partial charge in [0.25, 0.3) is 0 Å². The monoisotopic (exact) mass is 255 g/mol. The lowest BCUT2D eigenvalue weighted by atomic mass is 9.84. The number of aliphatic hydroxyl groups excluding tert-OH is 1. The Labute approximate surface area is 112 Å². The van der Waals surface area contributed by atoms with E-state index < -0.39 is 0 Å². The van der Waals surface area contributed by atoms with Crippen LogP contribution in [0.1, 0.15) is 46.0 Å². The fourth-order valence-electron chi connectivity index (χ4n) is 3.17. The zero-order chi connectivity index (χ0) is 13.0. The first-order valence-corrected chi connectivity index (χ1v) is 7.58. The average Bonchev–Trinajstić information content (AvgIpc) is 2.32. The summed E-state index contributed by atoms with van der Waals surface area (Å²) in [5.41, 5.74) is 0.0490. The van der Waals surface area contributed by atoms with Gasteiger partial charge in [-0.15, -0.1) is 0 Å². The van der Waals surface area contributed by atoms with E-state index in [0.29, 0.717) is 0 Å². The van der Waals surface area contributed by atoms with Crippen LogP contribution < -0.4 is 0 Å². The highest BCUT2D eigenvalue weighted by Gasteiger charge is 2.41. The van der Waals surface area contributed by atoms with Crippen LogP contribution in [0.15, 0.2) is 0 Å². The summed E-state index contributed by atoms with van der Waals surface area (Å²) in [4.78, 5) is 2.63. The van der Waals surface area contributed by atoms with Gasteiger partial charge in [-0.2, -0.15) is 0 Å². The van der Waals surface area contributed by atoms with Crippen LogP contribution in [0.4, 0.5) is 0 Å². The third-order valence-electron chi connectivity index (χ3n) is 4.52. The SMILES string of the molecule is CC(C)CCC1CCCCN1CC1(CO)COC1. The summed E-state index contributed by atoms with van der Waals surface area (Å²) in [6, 6.07) is 0.741. The molecule has 2 heterocycles. The van der Waals surface area contributed by atoms with Crippen molar-refractivity contribution in [2.75, 3.05) is 32.9 Å². The number of likely N-dealkylation sites (tertiary alicyclic amines) is 1. The number of rotatable bonds is 6. The summed E-state index contributed by atoms with van der Waals surface area (Å²) in [6.07, 6.45) is 6.68. The Morgan fingerprint density at radius 1 is 1.33 bits per heavy atom. The second kappa shape index (κ2) is 6.36. The van der Waals surface area contributed by atoms with Gasteiger partial charge in [-0.05, 0) is 38.1 Å². The number of hydrogen-bond acceptors (Lipinski definition) is 3. The van der Waals surface area contributed by atoms with Crippen LogP contribution in [0.2, 0.25) is 0 Å². The van der Waals surface area contributed by atoms with Crippen molar-refractivity contribution in [3.05, 3.63) is 0 Å². The molecule has 0 aromatic heterocycles. The molecule has 3 heteroatoms. The van der Waals surface area contributed by atoms with E-state index in [-0.39, 0.29) is 12.0 Å². The molecule has 106 valence electrons. The Morgan fingerprint density at radius 3 is 2.67 bits per heavy atom. The lowest BCUT2D eigenvalue weighted by Crippen LogP contribution is -2.56. The van der Waals surface area contributed by atoms with Crippen LogP contribution >= 0.6 is 0 Å². The summed E-state index contributed by atoms with van der Waals surface area (Å²) in [7, 11) is 0. The van der Waals surface area contributed by atoms with E-state index in [0.717, 1.165) is 31.7 Å². The second-order valence-electron chi connectivity index (χ2n) is 6.74. The highest BCUT2D eigenvalue weighted by Crippen LogP contribution is 2.32. The van der Waals surface area contributed by atoms with Crippen molar-refractivity contribution in [1.82, 2.24) is 4.90 Å². The van der Waals surface area contributed by atoms with Gasteiger partial charge in [-0.1, -0.05) is 20.3 Å². The van der Waals surface area contributed by atoms with E-state index in [4.69, 9.17) is 4.74 Å². The fourth-order valence-corrected chi connectivity index (χ4v) is 3.17. The highest BCUT2D eigenvalue weighted by molar-refractivity contribution is 4.91. The molecule has 0 aromatic rings. The van der Waals surface area contributed by atoms with Crippen molar-refractivity contribution in [2.24, 2.45) is 11.3 Å². The Balaban J connectivity index is 1.86. The molecule has 0 aliphatic carbocycles. The zero-order valence-corrected chi connectivity index (χ0v) is 12.0. The minimum absolute atomic E-state index is 0.0490. The van der Waals surface area contributed by atoms with Crippen molar-refractivity contribution in [3.63, 3.8) is 0 Å². The number of aliphatic hydroxyl groups is 1. The Kier molecular flexibility index (Phi) is 5.05.